The maximum Gasteiger partial charge on any atom is 0.131 e. The molecule has 8 N–H and O–H groups in total. The number of rotatable bonds is 32. The maximum absolute atomic E-state index is 7.02. The van der Waals surface area contributed by atoms with E-state index in [4.69, 9.17) is 60.8 Å². The molecule has 12 nitrogen and oxygen atoms in total. The predicted octanol–water partition coefficient (Wildman–Crippen LogP) is 14.3. The van der Waals surface area contributed by atoms with Crippen LogP contribution in [0.25, 0.3) is 0 Å². The van der Waals surface area contributed by atoms with Crippen molar-refractivity contribution in [2.24, 2.45) is 22.9 Å². The number of fused-ring (bicyclic) bond motifs is 8. The fourth-order valence-electron chi connectivity index (χ4n) is 12.3. The normalized spacial score (nSPS) is 16.1. The molecule has 0 heterocycles. The van der Waals surface area contributed by atoms with Gasteiger partial charge in [-0.15, -0.1) is 0 Å². The van der Waals surface area contributed by atoms with Gasteiger partial charge >= 0.3 is 0 Å². The van der Waals surface area contributed by atoms with Crippen molar-refractivity contribution in [3.8, 4) is 46.0 Å². The third kappa shape index (κ3) is 13.3. The number of ether oxygens (including phenoxy) is 8. The summed E-state index contributed by atoms with van der Waals surface area (Å²) in [5, 5.41) is 0. The van der Waals surface area contributed by atoms with Crippen molar-refractivity contribution in [2.75, 3.05) is 54.9 Å². The molecule has 4 unspecified atom stereocenters. The lowest BCUT2D eigenvalue weighted by Crippen LogP contribution is -2.20. The Bertz CT molecular complexity index is 2110. The molecule has 0 spiro atoms. The van der Waals surface area contributed by atoms with Gasteiger partial charge in [-0.25, -0.2) is 0 Å². The highest BCUT2D eigenvalue weighted by Crippen LogP contribution is 2.57. The van der Waals surface area contributed by atoms with E-state index < -0.39 is 0 Å². The molecule has 5 rings (SSSR count). The topological polar surface area (TPSA) is 178 Å². The highest BCUT2D eigenvalue weighted by molar-refractivity contribution is 5.69. The first kappa shape index (κ1) is 62.0. The van der Waals surface area contributed by atoms with Crippen LogP contribution >= 0.6 is 0 Å². The van der Waals surface area contributed by atoms with Crippen molar-refractivity contribution >= 4 is 0 Å². The van der Waals surface area contributed by atoms with Crippen molar-refractivity contribution in [1.82, 2.24) is 0 Å². The van der Waals surface area contributed by atoms with Crippen LogP contribution in [-0.2, 0) is 26.2 Å². The zero-order valence-corrected chi connectivity index (χ0v) is 49.2. The number of hydrogen-bond donors (Lipinski definition) is 4. The average molecular weight is 1050 g/mol. The molecule has 0 saturated heterocycles. The van der Waals surface area contributed by atoms with Crippen molar-refractivity contribution in [1.29, 1.82) is 0 Å². The van der Waals surface area contributed by atoms with Gasteiger partial charge in [0.15, 0.2) is 0 Å². The van der Waals surface area contributed by atoms with Gasteiger partial charge in [-0.2, -0.15) is 0 Å². The predicted molar refractivity (Wildman–Crippen MR) is 312 cm³/mol. The molecular weight excluding hydrogens is 953 g/mol. The first-order chi connectivity index (χ1) is 37.1. The van der Waals surface area contributed by atoms with E-state index in [1.54, 1.807) is 28.4 Å². The van der Waals surface area contributed by atoms with E-state index in [9.17, 15) is 0 Å². The lowest BCUT2D eigenvalue weighted by atomic mass is 9.74. The second-order valence-electron chi connectivity index (χ2n) is 20.3. The highest BCUT2D eigenvalue weighted by atomic mass is 16.5. The lowest BCUT2D eigenvalue weighted by Gasteiger charge is -2.34. The molecule has 0 amide bonds. The molecule has 0 fully saturated rings. The van der Waals surface area contributed by atoms with Crippen LogP contribution in [0.5, 0.6) is 46.0 Å². The molecule has 0 aromatic heterocycles. The molecule has 4 atom stereocenters. The van der Waals surface area contributed by atoms with E-state index >= 15 is 0 Å². The first-order valence-electron chi connectivity index (χ1n) is 29.4. The van der Waals surface area contributed by atoms with Crippen LogP contribution in [0, 0.1) is 0 Å². The summed E-state index contributed by atoms with van der Waals surface area (Å²) in [6.45, 7) is 19.7. The summed E-state index contributed by atoms with van der Waals surface area (Å²) in [4.78, 5) is 0. The lowest BCUT2D eigenvalue weighted by molar-refractivity contribution is 0.318. The molecule has 424 valence electrons. The standard InChI is InChI=1S/C64H100N4O8/c1-13-21-25-29-41-45-33-50(62(74-18-6)53(37-65)57(45)69-9)43(31-27-23-15-3)47-35-52(64(76-20-8)55(39-67)59(47)71-11)44(32-28-24-16-4)48-36-51(63(75-19-7)56(40-68)60(48)72-12)42(30-26-22-14-2)46-34-49(41)61(73-17-5)54(38-66)58(46)70-10/h33-36,41-44H,13-32,37-40,65-68H2,1-12H3. The zero-order valence-electron chi connectivity index (χ0n) is 49.2. The van der Waals surface area contributed by atoms with Gasteiger partial charge in [0.1, 0.15) is 46.0 Å². The third-order valence-electron chi connectivity index (χ3n) is 15.7. The Morgan fingerprint density at radius 1 is 0.289 bits per heavy atom. The van der Waals surface area contributed by atoms with Crippen molar-refractivity contribution in [3.63, 3.8) is 0 Å². The van der Waals surface area contributed by atoms with Gasteiger partial charge in [-0.05, 0) is 77.6 Å². The van der Waals surface area contributed by atoms with Crippen molar-refractivity contribution in [3.05, 3.63) is 91.0 Å². The fraction of sp³-hybridized carbons (Fsp3) is 0.625. The number of hydrogen-bond acceptors (Lipinski definition) is 12. The molecule has 12 heteroatoms. The Morgan fingerprint density at radius 3 is 0.618 bits per heavy atom. The van der Waals surface area contributed by atoms with Crippen LogP contribution in [0.15, 0.2) is 24.3 Å². The third-order valence-corrected chi connectivity index (χ3v) is 15.7. The van der Waals surface area contributed by atoms with E-state index in [0.29, 0.717) is 26.4 Å². The Kier molecular flexibility index (Phi) is 25.7. The zero-order chi connectivity index (χ0) is 55.3. The highest BCUT2D eigenvalue weighted by Gasteiger charge is 2.38. The Balaban J connectivity index is 2.29. The van der Waals surface area contributed by atoms with Crippen LogP contribution in [0.3, 0.4) is 0 Å². The van der Waals surface area contributed by atoms with Gasteiger partial charge in [0.05, 0.1) is 77.1 Å². The van der Waals surface area contributed by atoms with E-state index in [2.05, 4.69) is 52.0 Å². The summed E-state index contributed by atoms with van der Waals surface area (Å²) in [6, 6.07) is 9.52. The van der Waals surface area contributed by atoms with Crippen LogP contribution in [-0.4, -0.2) is 54.9 Å². The van der Waals surface area contributed by atoms with Crippen molar-refractivity contribution < 1.29 is 37.9 Å². The SMILES string of the molecule is CCCCCC1c2cc(c(OCC)c(CN)c2OC)C(CCCCC)c2cc(c(OCC)c(CN)c2OC)C(CCCCC)c2cc(c(OCC)c(CN)c2OC)C(CCCCC)c2cc1c(OCC)c(CN)c2OC. The molecular formula is C64H100N4O8. The smallest absolute Gasteiger partial charge is 0.131 e. The van der Waals surface area contributed by atoms with Crippen LogP contribution < -0.4 is 60.8 Å². The Labute approximate surface area is 458 Å². The Morgan fingerprint density at radius 2 is 0.474 bits per heavy atom. The van der Waals surface area contributed by atoms with Gasteiger partial charge in [-0.3, -0.25) is 0 Å². The summed E-state index contributed by atoms with van der Waals surface area (Å²) in [5.41, 5.74) is 39.7. The number of unbranched alkanes of at least 4 members (excludes halogenated alkanes) is 8. The molecule has 8 bridgehead atoms. The number of methoxy groups -OCH3 is 4. The van der Waals surface area contributed by atoms with Crippen LogP contribution in [0.4, 0.5) is 0 Å². The summed E-state index contributed by atoms with van der Waals surface area (Å²) < 4.78 is 54.3. The van der Waals surface area contributed by atoms with Crippen molar-refractivity contribution in [2.45, 2.75) is 208 Å². The van der Waals surface area contributed by atoms with E-state index in [1.807, 2.05) is 27.7 Å². The van der Waals surface area contributed by atoms with Gasteiger partial charge in [0.2, 0.25) is 0 Å². The molecule has 4 aromatic rings. The Hall–Kier alpha value is -4.88. The first-order valence-corrected chi connectivity index (χ1v) is 29.4. The molecule has 76 heavy (non-hydrogen) atoms. The molecule has 0 aliphatic heterocycles. The maximum atomic E-state index is 7.02. The minimum atomic E-state index is -0.226. The second kappa shape index (κ2) is 31.5. The minimum absolute atomic E-state index is 0.194. The summed E-state index contributed by atoms with van der Waals surface area (Å²) in [6.07, 6.45) is 15.5. The van der Waals surface area contributed by atoms with E-state index in [1.165, 1.54) is 0 Å². The van der Waals surface area contributed by atoms with E-state index in [0.717, 1.165) is 215 Å². The molecule has 1 aliphatic rings. The number of nitrogens with two attached hydrogens (primary N) is 4. The summed E-state index contributed by atoms with van der Waals surface area (Å²) in [5.74, 6) is 4.98. The minimum Gasteiger partial charge on any atom is -0.496 e. The van der Waals surface area contributed by atoms with Gasteiger partial charge in [0, 0.05) is 94.4 Å². The van der Waals surface area contributed by atoms with Crippen LogP contribution in [0.1, 0.15) is 249 Å². The van der Waals surface area contributed by atoms with Gasteiger partial charge < -0.3 is 60.8 Å². The largest absolute Gasteiger partial charge is 0.496 e. The average Bonchev–Trinajstić information content (AvgIpc) is 3.43. The second-order valence-corrected chi connectivity index (χ2v) is 20.3. The molecule has 0 saturated carbocycles. The fourth-order valence-corrected chi connectivity index (χ4v) is 12.3. The summed E-state index contributed by atoms with van der Waals surface area (Å²) in [7, 11) is 7.05. The van der Waals surface area contributed by atoms with Gasteiger partial charge in [0.25, 0.3) is 0 Å². The summed E-state index contributed by atoms with van der Waals surface area (Å²) >= 11 is 0. The molecule has 0 radical (unpaired) electrons. The molecule has 4 aromatic carbocycles. The number of benzene rings is 4. The molecule has 1 aliphatic carbocycles. The quantitative estimate of drug-likeness (QED) is 0.0341. The monoisotopic (exact) mass is 1050 g/mol. The van der Waals surface area contributed by atoms with Crippen LogP contribution in [0.2, 0.25) is 0 Å². The van der Waals surface area contributed by atoms with E-state index in [-0.39, 0.29) is 49.9 Å². The van der Waals surface area contributed by atoms with Gasteiger partial charge in [-0.1, -0.05) is 105 Å².